The van der Waals surface area contributed by atoms with Crippen LogP contribution in [-0.2, 0) is 6.42 Å². The van der Waals surface area contributed by atoms with E-state index in [0.29, 0.717) is 17.5 Å². The largest absolute Gasteiger partial charge is 0.455 e. The van der Waals surface area contributed by atoms with E-state index in [1.807, 2.05) is 24.3 Å². The van der Waals surface area contributed by atoms with E-state index in [2.05, 4.69) is 127 Å². The average molecular weight is 604 g/mol. The van der Waals surface area contributed by atoms with Crippen LogP contribution in [0.4, 0.5) is 0 Å². The maximum atomic E-state index is 6.50. The van der Waals surface area contributed by atoms with Crippen molar-refractivity contribution in [3.63, 3.8) is 0 Å². The maximum absolute atomic E-state index is 6.50. The molecule has 9 rings (SSSR count). The van der Waals surface area contributed by atoms with E-state index in [1.165, 1.54) is 11.1 Å². The number of aromatic nitrogens is 3. The van der Waals surface area contributed by atoms with Gasteiger partial charge in [0.2, 0.25) is 0 Å². The summed E-state index contributed by atoms with van der Waals surface area (Å²) >= 11 is 0. The highest BCUT2D eigenvalue weighted by Crippen LogP contribution is 2.41. The lowest BCUT2D eigenvalue weighted by Gasteiger charge is -2.20. The minimum atomic E-state index is 0.584. The minimum Gasteiger partial charge on any atom is -0.455 e. The number of para-hydroxylation sites is 2. The molecule has 0 fully saturated rings. The van der Waals surface area contributed by atoms with Crippen LogP contribution < -0.4 is 0 Å². The molecule has 0 aliphatic heterocycles. The Morgan fingerprint density at radius 1 is 0.468 bits per heavy atom. The number of furan rings is 1. The van der Waals surface area contributed by atoms with Gasteiger partial charge in [0, 0.05) is 21.9 Å². The van der Waals surface area contributed by atoms with Gasteiger partial charge in [-0.3, -0.25) is 0 Å². The van der Waals surface area contributed by atoms with Crippen LogP contribution in [-0.4, -0.2) is 15.0 Å². The van der Waals surface area contributed by atoms with Crippen LogP contribution in [0.1, 0.15) is 17.5 Å². The quantitative estimate of drug-likeness (QED) is 0.196. The molecule has 1 aliphatic carbocycles. The van der Waals surface area contributed by atoms with Crippen molar-refractivity contribution in [1.82, 2.24) is 15.0 Å². The van der Waals surface area contributed by atoms with Crippen molar-refractivity contribution in [1.29, 1.82) is 0 Å². The molecule has 4 nitrogen and oxygen atoms in total. The van der Waals surface area contributed by atoms with Crippen LogP contribution in [0.2, 0.25) is 0 Å². The van der Waals surface area contributed by atoms with Crippen LogP contribution in [0.3, 0.4) is 0 Å². The summed E-state index contributed by atoms with van der Waals surface area (Å²) in [6.07, 6.45) is 6.35. The molecule has 1 aliphatic rings. The van der Waals surface area contributed by atoms with Crippen LogP contribution >= 0.6 is 0 Å². The summed E-state index contributed by atoms with van der Waals surface area (Å²) in [4.78, 5) is 15.9. The maximum Gasteiger partial charge on any atom is 0.167 e. The average Bonchev–Trinajstić information content (AvgIpc) is 3.54. The lowest BCUT2D eigenvalue weighted by Crippen LogP contribution is -2.06. The molecule has 8 aromatic rings. The van der Waals surface area contributed by atoms with Gasteiger partial charge in [-0.1, -0.05) is 140 Å². The first-order valence-electron chi connectivity index (χ1n) is 16.0. The topological polar surface area (TPSA) is 51.8 Å². The van der Waals surface area contributed by atoms with Gasteiger partial charge < -0.3 is 4.42 Å². The number of allylic oxidation sites excluding steroid dienone is 1. The summed E-state index contributed by atoms with van der Waals surface area (Å²) in [5.41, 5.74) is 11.3. The van der Waals surface area contributed by atoms with Gasteiger partial charge in [-0.2, -0.15) is 0 Å². The molecule has 222 valence electrons. The summed E-state index contributed by atoms with van der Waals surface area (Å²) in [5, 5.41) is 2.11. The van der Waals surface area contributed by atoms with Crippen molar-refractivity contribution in [2.75, 3.05) is 0 Å². The molecule has 47 heavy (non-hydrogen) atoms. The second kappa shape index (κ2) is 11.3. The molecule has 2 aromatic heterocycles. The Morgan fingerprint density at radius 2 is 1.09 bits per heavy atom. The molecule has 0 N–H and O–H groups in total. The second-order valence-electron chi connectivity index (χ2n) is 11.9. The Morgan fingerprint density at radius 3 is 1.89 bits per heavy atom. The Balaban J connectivity index is 1.36. The third kappa shape index (κ3) is 4.74. The first-order valence-corrected chi connectivity index (χ1v) is 16.0. The molecule has 0 radical (unpaired) electrons. The van der Waals surface area contributed by atoms with Crippen LogP contribution in [0.15, 0.2) is 150 Å². The van der Waals surface area contributed by atoms with E-state index in [4.69, 9.17) is 19.4 Å². The zero-order chi connectivity index (χ0) is 31.2. The molecule has 0 atom stereocenters. The normalized spacial score (nSPS) is 12.4. The van der Waals surface area contributed by atoms with E-state index in [-0.39, 0.29) is 0 Å². The molecule has 2 heterocycles. The zero-order valence-corrected chi connectivity index (χ0v) is 25.6. The van der Waals surface area contributed by atoms with Crippen molar-refractivity contribution in [2.45, 2.75) is 12.8 Å². The Hall–Kier alpha value is -6.13. The predicted molar refractivity (Wildman–Crippen MR) is 192 cm³/mol. The van der Waals surface area contributed by atoms with Gasteiger partial charge in [0.1, 0.15) is 11.2 Å². The molecule has 0 unspecified atom stereocenters. The first-order chi connectivity index (χ1) is 23.3. The number of hydrogen-bond donors (Lipinski definition) is 0. The number of benzene rings is 6. The van der Waals surface area contributed by atoms with Crippen molar-refractivity contribution in [3.8, 4) is 56.4 Å². The smallest absolute Gasteiger partial charge is 0.167 e. The third-order valence-corrected chi connectivity index (χ3v) is 9.05. The van der Waals surface area contributed by atoms with Gasteiger partial charge in [-0.15, -0.1) is 0 Å². The Labute approximate surface area is 272 Å². The molecule has 0 spiro atoms. The summed E-state index contributed by atoms with van der Waals surface area (Å²) in [6, 6.07) is 48.1. The number of nitrogens with zero attached hydrogens (tertiary/aromatic N) is 3. The fourth-order valence-electron chi connectivity index (χ4n) is 6.84. The Bertz CT molecular complexity index is 2460. The van der Waals surface area contributed by atoms with E-state index in [1.54, 1.807) is 0 Å². The summed E-state index contributed by atoms with van der Waals surface area (Å²) in [5.74, 6) is 1.87. The number of hydrogen-bond acceptors (Lipinski definition) is 4. The minimum absolute atomic E-state index is 0.584. The summed E-state index contributed by atoms with van der Waals surface area (Å²) in [6.45, 7) is 0. The Kier molecular flexibility index (Phi) is 6.57. The second-order valence-corrected chi connectivity index (χ2v) is 11.9. The molecular formula is C43H29N3O. The van der Waals surface area contributed by atoms with Crippen molar-refractivity contribution >= 4 is 28.0 Å². The highest BCUT2D eigenvalue weighted by Gasteiger charge is 2.23. The van der Waals surface area contributed by atoms with E-state index in [0.717, 1.165) is 73.7 Å². The first kappa shape index (κ1) is 27.2. The van der Waals surface area contributed by atoms with Gasteiger partial charge in [-0.25, -0.2) is 15.0 Å². The van der Waals surface area contributed by atoms with Crippen molar-refractivity contribution in [3.05, 3.63) is 157 Å². The van der Waals surface area contributed by atoms with Crippen molar-refractivity contribution < 1.29 is 4.42 Å². The monoisotopic (exact) mass is 603 g/mol. The van der Waals surface area contributed by atoms with E-state index in [9.17, 15) is 0 Å². The van der Waals surface area contributed by atoms with Crippen molar-refractivity contribution in [2.24, 2.45) is 0 Å². The van der Waals surface area contributed by atoms with Gasteiger partial charge >= 0.3 is 0 Å². The molecule has 4 heteroatoms. The third-order valence-electron chi connectivity index (χ3n) is 9.05. The molecule has 0 bridgehead atoms. The predicted octanol–water partition coefficient (Wildman–Crippen LogP) is 11.1. The van der Waals surface area contributed by atoms with E-state index >= 15 is 0 Å². The zero-order valence-electron chi connectivity index (χ0n) is 25.6. The highest BCUT2D eigenvalue weighted by atomic mass is 16.3. The SMILES string of the molecule is C1=Cc2ccc(-c3ccccc3)c(-c3nc(-c4ccccc4-c4ccccc4)nc(-c4cccc5c4oc4ccccc45)n3)c2CC1. The molecule has 0 saturated heterocycles. The van der Waals surface area contributed by atoms with Gasteiger partial charge in [0.15, 0.2) is 17.5 Å². The van der Waals surface area contributed by atoms with Crippen LogP contribution in [0, 0.1) is 0 Å². The fraction of sp³-hybridized carbons (Fsp3) is 0.0465. The summed E-state index contributed by atoms with van der Waals surface area (Å²) < 4.78 is 6.50. The summed E-state index contributed by atoms with van der Waals surface area (Å²) in [7, 11) is 0. The fourth-order valence-corrected chi connectivity index (χ4v) is 6.84. The van der Waals surface area contributed by atoms with Crippen LogP contribution in [0.25, 0.3) is 84.4 Å². The van der Waals surface area contributed by atoms with Gasteiger partial charge in [0.25, 0.3) is 0 Å². The number of rotatable bonds is 5. The highest BCUT2D eigenvalue weighted by molar-refractivity contribution is 6.09. The molecule has 0 saturated carbocycles. The lowest BCUT2D eigenvalue weighted by molar-refractivity contribution is 0.669. The van der Waals surface area contributed by atoms with E-state index < -0.39 is 0 Å². The van der Waals surface area contributed by atoms with Crippen LogP contribution in [0.5, 0.6) is 0 Å². The van der Waals surface area contributed by atoms with Gasteiger partial charge in [-0.05, 0) is 58.4 Å². The lowest BCUT2D eigenvalue weighted by atomic mass is 9.86. The standard InChI is InChI=1S/C43H29N3O/c1-3-14-28(15-4-1)31-19-9-10-22-36(31)41-44-42(37-24-13-23-35-34-21-11-12-25-38(34)47-40(35)37)46-43(45-41)39-32-20-8-7-18-30(32)26-27-33(39)29-16-5-2-6-17-29/h1-7,9-19,21-27H,8,20H2. The molecular weight excluding hydrogens is 574 g/mol. The molecule has 0 amide bonds. The molecule has 6 aromatic carbocycles. The number of fused-ring (bicyclic) bond motifs is 4. The van der Waals surface area contributed by atoms with Gasteiger partial charge in [0.05, 0.1) is 5.56 Å².